The number of morpholine rings is 1. The number of methoxy groups -OCH3 is 1. The summed E-state index contributed by atoms with van der Waals surface area (Å²) in [5.41, 5.74) is 1.94. The van der Waals surface area contributed by atoms with Gasteiger partial charge in [-0.15, -0.1) is 0 Å². The lowest BCUT2D eigenvalue weighted by Gasteiger charge is -2.28. The molecule has 1 aromatic heterocycles. The maximum absolute atomic E-state index is 12.3. The summed E-state index contributed by atoms with van der Waals surface area (Å²) in [5.74, 6) is 1.91. The topological polar surface area (TPSA) is 79.5 Å². The largest absolute Gasteiger partial charge is 0.497 e. The van der Waals surface area contributed by atoms with E-state index in [1.807, 2.05) is 12.1 Å². The minimum Gasteiger partial charge on any atom is -0.497 e. The second-order valence-corrected chi connectivity index (χ2v) is 6.74. The van der Waals surface area contributed by atoms with Crippen molar-refractivity contribution in [3.05, 3.63) is 51.9 Å². The van der Waals surface area contributed by atoms with Crippen LogP contribution in [0.4, 0.5) is 5.95 Å². The Morgan fingerprint density at radius 3 is 2.81 bits per heavy atom. The van der Waals surface area contributed by atoms with E-state index >= 15 is 0 Å². The molecular formula is C19H24N4O3. The lowest BCUT2D eigenvalue weighted by atomic mass is 9.86. The van der Waals surface area contributed by atoms with Gasteiger partial charge in [-0.3, -0.25) is 9.78 Å². The number of aromatic nitrogens is 2. The van der Waals surface area contributed by atoms with E-state index in [1.54, 1.807) is 13.2 Å². The first kappa shape index (κ1) is 17.1. The third-order valence-corrected chi connectivity index (χ3v) is 5.18. The molecule has 0 unspecified atom stereocenters. The number of hydrogen-bond donors (Lipinski definition) is 2. The molecular weight excluding hydrogens is 332 g/mol. The van der Waals surface area contributed by atoms with E-state index in [-0.39, 0.29) is 17.4 Å². The van der Waals surface area contributed by atoms with E-state index in [4.69, 9.17) is 14.5 Å². The van der Waals surface area contributed by atoms with Crippen LogP contribution in [0.1, 0.15) is 23.1 Å². The number of ether oxygens (including phenoxy) is 2. The Labute approximate surface area is 152 Å². The third kappa shape index (κ3) is 3.45. The first-order valence-electron chi connectivity index (χ1n) is 9.03. The lowest BCUT2D eigenvalue weighted by Crippen LogP contribution is -2.38. The van der Waals surface area contributed by atoms with Gasteiger partial charge in [-0.1, -0.05) is 12.1 Å². The van der Waals surface area contributed by atoms with E-state index in [0.717, 1.165) is 37.6 Å². The van der Waals surface area contributed by atoms with Crippen molar-refractivity contribution in [1.82, 2.24) is 15.3 Å². The van der Waals surface area contributed by atoms with Crippen LogP contribution in [0.25, 0.3) is 0 Å². The van der Waals surface area contributed by atoms with E-state index < -0.39 is 0 Å². The van der Waals surface area contributed by atoms with Gasteiger partial charge in [0.05, 0.1) is 26.0 Å². The molecule has 2 saturated heterocycles. The Hall–Kier alpha value is -2.38. The Kier molecular flexibility index (Phi) is 4.90. The maximum Gasteiger partial charge on any atom is 0.252 e. The number of aromatic amines is 1. The summed E-state index contributed by atoms with van der Waals surface area (Å²) < 4.78 is 10.8. The highest BCUT2D eigenvalue weighted by Gasteiger charge is 2.32. The molecule has 4 rings (SSSR count). The summed E-state index contributed by atoms with van der Waals surface area (Å²) in [6.45, 7) is 4.47. The van der Waals surface area contributed by atoms with Gasteiger partial charge in [0.15, 0.2) is 0 Å². The molecule has 2 N–H and O–H groups in total. The molecule has 0 amide bonds. The third-order valence-electron chi connectivity index (χ3n) is 5.18. The molecule has 2 aliphatic heterocycles. The second kappa shape index (κ2) is 7.47. The summed E-state index contributed by atoms with van der Waals surface area (Å²) in [4.78, 5) is 22.0. The first-order chi connectivity index (χ1) is 12.7. The van der Waals surface area contributed by atoms with Crippen molar-refractivity contribution in [3.63, 3.8) is 0 Å². The van der Waals surface area contributed by atoms with Crippen LogP contribution in [-0.4, -0.2) is 56.5 Å². The Morgan fingerprint density at radius 1 is 1.19 bits per heavy atom. The minimum atomic E-state index is -0.104. The molecule has 0 saturated carbocycles. The number of H-pyrrole nitrogens is 1. The molecule has 0 aliphatic carbocycles. The SMILES string of the molecule is COc1cccc([C@@H]2CNC[C@H]2c2cc(=O)[nH]c(N3CCOCC3)n2)c1. The minimum absolute atomic E-state index is 0.104. The monoisotopic (exact) mass is 356 g/mol. The van der Waals surface area contributed by atoms with Gasteiger partial charge in [0.25, 0.3) is 5.56 Å². The zero-order chi connectivity index (χ0) is 17.9. The molecule has 2 aromatic rings. The van der Waals surface area contributed by atoms with Crippen molar-refractivity contribution >= 4 is 5.95 Å². The second-order valence-electron chi connectivity index (χ2n) is 6.74. The summed E-state index contributed by atoms with van der Waals surface area (Å²) in [6, 6.07) is 9.77. The van der Waals surface area contributed by atoms with Crippen LogP contribution < -0.4 is 20.5 Å². The van der Waals surface area contributed by atoms with Gasteiger partial charge in [0.2, 0.25) is 5.95 Å². The standard InChI is InChI=1S/C19H24N4O3/c1-25-14-4-2-3-13(9-14)15-11-20-12-16(15)17-10-18(24)22-19(21-17)23-5-7-26-8-6-23/h2-4,9-10,15-16,20H,5-8,11-12H2,1H3,(H,21,22,24)/t15-,16+/m0/s1. The smallest absolute Gasteiger partial charge is 0.252 e. The Balaban J connectivity index is 1.65. The molecule has 26 heavy (non-hydrogen) atoms. The van der Waals surface area contributed by atoms with Crippen molar-refractivity contribution in [1.29, 1.82) is 0 Å². The molecule has 7 heteroatoms. The predicted octanol–water partition coefficient (Wildman–Crippen LogP) is 1.09. The Morgan fingerprint density at radius 2 is 2.00 bits per heavy atom. The molecule has 2 fully saturated rings. The van der Waals surface area contributed by atoms with Crippen LogP contribution in [0.5, 0.6) is 5.75 Å². The highest BCUT2D eigenvalue weighted by Crippen LogP contribution is 2.36. The van der Waals surface area contributed by atoms with Crippen LogP contribution in [0, 0.1) is 0 Å². The quantitative estimate of drug-likeness (QED) is 0.854. The van der Waals surface area contributed by atoms with Gasteiger partial charge in [0, 0.05) is 44.1 Å². The molecule has 1 aromatic carbocycles. The van der Waals surface area contributed by atoms with Gasteiger partial charge in [-0.2, -0.15) is 0 Å². The van der Waals surface area contributed by atoms with Crippen LogP contribution in [0.2, 0.25) is 0 Å². The van der Waals surface area contributed by atoms with Gasteiger partial charge in [-0.05, 0) is 17.7 Å². The predicted molar refractivity (Wildman–Crippen MR) is 99.2 cm³/mol. The highest BCUT2D eigenvalue weighted by molar-refractivity contribution is 5.37. The summed E-state index contributed by atoms with van der Waals surface area (Å²) in [5, 5.41) is 3.45. The van der Waals surface area contributed by atoms with Crippen molar-refractivity contribution in [2.24, 2.45) is 0 Å². The van der Waals surface area contributed by atoms with Crippen LogP contribution in [0.15, 0.2) is 35.1 Å². The highest BCUT2D eigenvalue weighted by atomic mass is 16.5. The van der Waals surface area contributed by atoms with Crippen molar-refractivity contribution < 1.29 is 9.47 Å². The number of nitrogens with one attached hydrogen (secondary N) is 2. The number of rotatable bonds is 4. The van der Waals surface area contributed by atoms with Crippen molar-refractivity contribution in [3.8, 4) is 5.75 Å². The van der Waals surface area contributed by atoms with Crippen molar-refractivity contribution in [2.45, 2.75) is 11.8 Å². The molecule has 2 aliphatic rings. The van der Waals surface area contributed by atoms with Crippen LogP contribution >= 0.6 is 0 Å². The Bertz CT molecular complexity index is 816. The van der Waals surface area contributed by atoms with E-state index in [9.17, 15) is 4.79 Å². The average Bonchev–Trinajstić information content (AvgIpc) is 3.18. The molecule has 0 radical (unpaired) electrons. The number of benzene rings is 1. The summed E-state index contributed by atoms with van der Waals surface area (Å²) in [6.07, 6.45) is 0. The number of hydrogen-bond acceptors (Lipinski definition) is 6. The van der Waals surface area contributed by atoms with Gasteiger partial charge < -0.3 is 19.7 Å². The summed E-state index contributed by atoms with van der Waals surface area (Å²) >= 11 is 0. The number of nitrogens with zero attached hydrogens (tertiary/aromatic N) is 2. The molecule has 0 bridgehead atoms. The van der Waals surface area contributed by atoms with Gasteiger partial charge >= 0.3 is 0 Å². The van der Waals surface area contributed by atoms with E-state index in [2.05, 4.69) is 27.3 Å². The molecule has 138 valence electrons. The van der Waals surface area contributed by atoms with E-state index in [0.29, 0.717) is 19.2 Å². The number of anilines is 1. The fourth-order valence-corrected chi connectivity index (χ4v) is 3.79. The normalized spacial score (nSPS) is 23.2. The zero-order valence-corrected chi connectivity index (χ0v) is 14.9. The lowest BCUT2D eigenvalue weighted by molar-refractivity contribution is 0.122. The fraction of sp³-hybridized carbons (Fsp3) is 0.474. The maximum atomic E-state index is 12.3. The molecule has 0 spiro atoms. The first-order valence-corrected chi connectivity index (χ1v) is 9.03. The van der Waals surface area contributed by atoms with E-state index in [1.165, 1.54) is 5.56 Å². The van der Waals surface area contributed by atoms with Crippen LogP contribution in [0.3, 0.4) is 0 Å². The summed E-state index contributed by atoms with van der Waals surface area (Å²) in [7, 11) is 1.68. The van der Waals surface area contributed by atoms with Crippen molar-refractivity contribution in [2.75, 3.05) is 51.4 Å². The molecule has 3 heterocycles. The molecule has 7 nitrogen and oxygen atoms in total. The average molecular weight is 356 g/mol. The van der Waals surface area contributed by atoms with Crippen LogP contribution in [-0.2, 0) is 4.74 Å². The fourth-order valence-electron chi connectivity index (χ4n) is 3.79. The van der Waals surface area contributed by atoms with Gasteiger partial charge in [0.1, 0.15) is 5.75 Å². The zero-order valence-electron chi connectivity index (χ0n) is 14.9. The molecule has 2 atom stereocenters. The van der Waals surface area contributed by atoms with Gasteiger partial charge in [-0.25, -0.2) is 4.98 Å².